The summed E-state index contributed by atoms with van der Waals surface area (Å²) < 4.78 is 2.36. The first kappa shape index (κ1) is 15.4. The van der Waals surface area contributed by atoms with E-state index in [1.165, 1.54) is 24.5 Å². The highest BCUT2D eigenvalue weighted by atomic mass is 15.3. The Labute approximate surface area is 123 Å². The fourth-order valence-electron chi connectivity index (χ4n) is 3.05. The number of aromatic nitrogens is 2. The van der Waals surface area contributed by atoms with Gasteiger partial charge in [0.25, 0.3) is 0 Å². The van der Waals surface area contributed by atoms with Gasteiger partial charge in [-0.25, -0.2) is 4.98 Å². The van der Waals surface area contributed by atoms with Gasteiger partial charge in [-0.2, -0.15) is 0 Å². The average molecular weight is 278 g/mol. The molecule has 0 aromatic carbocycles. The highest BCUT2D eigenvalue weighted by Crippen LogP contribution is 2.22. The normalized spacial score (nSPS) is 19.6. The van der Waals surface area contributed by atoms with E-state index in [9.17, 15) is 0 Å². The van der Waals surface area contributed by atoms with Gasteiger partial charge in [0, 0.05) is 31.9 Å². The number of aryl methyl sites for hydroxylation is 1. The predicted octanol–water partition coefficient (Wildman–Crippen LogP) is 2.68. The van der Waals surface area contributed by atoms with Crippen molar-refractivity contribution in [2.45, 2.75) is 59.5 Å². The summed E-state index contributed by atoms with van der Waals surface area (Å²) in [5.74, 6) is 1.82. The average Bonchev–Trinajstić information content (AvgIpc) is 2.83. The minimum absolute atomic E-state index is 0.590. The van der Waals surface area contributed by atoms with Gasteiger partial charge < -0.3 is 14.8 Å². The van der Waals surface area contributed by atoms with Gasteiger partial charge in [0.05, 0.1) is 5.69 Å². The number of hydrogen-bond donors (Lipinski definition) is 1. The molecule has 0 saturated carbocycles. The molecular weight excluding hydrogens is 248 g/mol. The Kier molecular flexibility index (Phi) is 5.46. The van der Waals surface area contributed by atoms with Gasteiger partial charge in [0.15, 0.2) is 0 Å². The number of anilines is 1. The third-order valence-corrected chi connectivity index (χ3v) is 4.04. The van der Waals surface area contributed by atoms with Crippen LogP contribution in [0.2, 0.25) is 0 Å². The maximum atomic E-state index is 4.89. The summed E-state index contributed by atoms with van der Waals surface area (Å²) >= 11 is 0. The van der Waals surface area contributed by atoms with Crippen LogP contribution in [-0.2, 0) is 13.0 Å². The second kappa shape index (κ2) is 7.11. The van der Waals surface area contributed by atoms with Crippen LogP contribution >= 0.6 is 0 Å². The lowest BCUT2D eigenvalue weighted by Crippen LogP contribution is -2.47. The van der Waals surface area contributed by atoms with Crippen LogP contribution in [0.1, 0.15) is 46.2 Å². The molecule has 114 valence electrons. The summed E-state index contributed by atoms with van der Waals surface area (Å²) in [7, 11) is 0. The molecule has 0 bridgehead atoms. The standard InChI is InChI=1S/C16H30N4/c1-5-14-12-19(11-13(3)4)16(18-14)20(6-2)15-8-7-9-17-10-15/h12-13,15,17H,5-11H2,1-4H3. The topological polar surface area (TPSA) is 33.1 Å². The highest BCUT2D eigenvalue weighted by molar-refractivity contribution is 5.35. The van der Waals surface area contributed by atoms with E-state index in [1.807, 2.05) is 0 Å². The van der Waals surface area contributed by atoms with Gasteiger partial charge in [-0.05, 0) is 38.6 Å². The molecule has 1 unspecified atom stereocenters. The maximum absolute atomic E-state index is 4.89. The second-order valence-electron chi connectivity index (χ2n) is 6.22. The molecule has 1 aliphatic heterocycles. The van der Waals surface area contributed by atoms with Gasteiger partial charge in [-0.3, -0.25) is 0 Å². The number of likely N-dealkylation sites (N-methyl/N-ethyl adjacent to an activating group) is 1. The summed E-state index contributed by atoms with van der Waals surface area (Å²) in [4.78, 5) is 7.38. The zero-order valence-electron chi connectivity index (χ0n) is 13.5. The minimum Gasteiger partial charge on any atom is -0.338 e. The molecule has 0 aliphatic carbocycles. The molecule has 1 N–H and O–H groups in total. The molecule has 0 amide bonds. The minimum atomic E-state index is 0.590. The van der Waals surface area contributed by atoms with Crippen molar-refractivity contribution in [3.63, 3.8) is 0 Å². The first-order valence-corrected chi connectivity index (χ1v) is 8.19. The van der Waals surface area contributed by atoms with Crippen molar-refractivity contribution in [2.24, 2.45) is 5.92 Å². The van der Waals surface area contributed by atoms with E-state index in [1.54, 1.807) is 0 Å². The third kappa shape index (κ3) is 3.54. The molecule has 1 aromatic heterocycles. The molecule has 1 saturated heterocycles. The molecule has 4 heteroatoms. The first-order chi connectivity index (χ1) is 9.65. The van der Waals surface area contributed by atoms with Gasteiger partial charge in [0.2, 0.25) is 5.95 Å². The second-order valence-corrected chi connectivity index (χ2v) is 6.22. The largest absolute Gasteiger partial charge is 0.338 e. The molecular formula is C16H30N4. The Bertz CT molecular complexity index is 405. The number of hydrogen-bond acceptors (Lipinski definition) is 3. The summed E-state index contributed by atoms with van der Waals surface area (Å²) in [6.45, 7) is 13.3. The quantitative estimate of drug-likeness (QED) is 0.868. The summed E-state index contributed by atoms with van der Waals surface area (Å²) in [6.07, 6.45) is 5.80. The van der Waals surface area contributed by atoms with Crippen LogP contribution in [0.25, 0.3) is 0 Å². The number of imidazole rings is 1. The lowest BCUT2D eigenvalue weighted by Gasteiger charge is -2.35. The van der Waals surface area contributed by atoms with Crippen molar-refractivity contribution < 1.29 is 0 Å². The highest BCUT2D eigenvalue weighted by Gasteiger charge is 2.24. The predicted molar refractivity (Wildman–Crippen MR) is 85.4 cm³/mol. The number of piperidine rings is 1. The molecule has 4 nitrogen and oxygen atoms in total. The van der Waals surface area contributed by atoms with E-state index in [0.29, 0.717) is 12.0 Å². The number of nitrogens with one attached hydrogen (secondary N) is 1. The van der Waals surface area contributed by atoms with Crippen molar-refractivity contribution in [1.82, 2.24) is 14.9 Å². The SMILES string of the molecule is CCc1cn(CC(C)C)c(N(CC)C2CCCNC2)n1. The Hall–Kier alpha value is -1.03. The zero-order chi connectivity index (χ0) is 14.5. The van der Waals surface area contributed by atoms with Crippen molar-refractivity contribution in [1.29, 1.82) is 0 Å². The Morgan fingerprint density at radius 1 is 1.45 bits per heavy atom. The van der Waals surface area contributed by atoms with Crippen molar-refractivity contribution in [2.75, 3.05) is 24.5 Å². The van der Waals surface area contributed by atoms with Gasteiger partial charge >= 0.3 is 0 Å². The van der Waals surface area contributed by atoms with Crippen LogP contribution in [0.3, 0.4) is 0 Å². The molecule has 0 radical (unpaired) electrons. The van der Waals surface area contributed by atoms with E-state index in [0.717, 1.165) is 32.6 Å². The molecule has 0 spiro atoms. The monoisotopic (exact) mass is 278 g/mol. The van der Waals surface area contributed by atoms with Gasteiger partial charge in [-0.1, -0.05) is 20.8 Å². The van der Waals surface area contributed by atoms with E-state index < -0.39 is 0 Å². The van der Waals surface area contributed by atoms with E-state index >= 15 is 0 Å². The van der Waals surface area contributed by atoms with Crippen molar-refractivity contribution in [3.8, 4) is 0 Å². The van der Waals surface area contributed by atoms with E-state index in [-0.39, 0.29) is 0 Å². The van der Waals surface area contributed by atoms with Crippen LogP contribution in [0.4, 0.5) is 5.95 Å². The van der Waals surface area contributed by atoms with Crippen LogP contribution in [-0.4, -0.2) is 35.2 Å². The van der Waals surface area contributed by atoms with Crippen LogP contribution in [0.5, 0.6) is 0 Å². The summed E-state index contributed by atoms with van der Waals surface area (Å²) in [6, 6.07) is 0.590. The molecule has 2 heterocycles. The van der Waals surface area contributed by atoms with Crippen LogP contribution in [0.15, 0.2) is 6.20 Å². The lowest BCUT2D eigenvalue weighted by molar-refractivity contribution is 0.423. The Morgan fingerprint density at radius 2 is 2.25 bits per heavy atom. The number of nitrogens with zero attached hydrogens (tertiary/aromatic N) is 3. The fraction of sp³-hybridized carbons (Fsp3) is 0.812. The number of rotatable bonds is 6. The summed E-state index contributed by atoms with van der Waals surface area (Å²) in [5.41, 5.74) is 1.21. The van der Waals surface area contributed by atoms with E-state index in [2.05, 4.69) is 48.7 Å². The van der Waals surface area contributed by atoms with E-state index in [4.69, 9.17) is 4.98 Å². The molecule has 1 aliphatic rings. The zero-order valence-corrected chi connectivity index (χ0v) is 13.5. The smallest absolute Gasteiger partial charge is 0.206 e. The lowest BCUT2D eigenvalue weighted by atomic mass is 10.1. The molecule has 1 aromatic rings. The molecule has 2 rings (SSSR count). The Morgan fingerprint density at radius 3 is 2.80 bits per heavy atom. The van der Waals surface area contributed by atoms with Gasteiger partial charge in [0.1, 0.15) is 0 Å². The maximum Gasteiger partial charge on any atom is 0.206 e. The summed E-state index contributed by atoms with van der Waals surface area (Å²) in [5, 5.41) is 3.52. The molecule has 1 atom stereocenters. The van der Waals surface area contributed by atoms with Crippen molar-refractivity contribution in [3.05, 3.63) is 11.9 Å². The van der Waals surface area contributed by atoms with Gasteiger partial charge in [-0.15, -0.1) is 0 Å². The fourth-order valence-corrected chi connectivity index (χ4v) is 3.05. The molecule has 1 fully saturated rings. The Balaban J connectivity index is 2.24. The third-order valence-electron chi connectivity index (χ3n) is 4.04. The van der Waals surface area contributed by atoms with Crippen LogP contribution < -0.4 is 10.2 Å². The van der Waals surface area contributed by atoms with Crippen LogP contribution in [0, 0.1) is 5.92 Å². The van der Waals surface area contributed by atoms with Crippen molar-refractivity contribution >= 4 is 5.95 Å². The first-order valence-electron chi connectivity index (χ1n) is 8.19. The molecule has 20 heavy (non-hydrogen) atoms.